The molecule has 0 unspecified atom stereocenters. The third-order valence-electron chi connectivity index (χ3n) is 3.78. The SMILES string of the molecule is CN(C)S(=O)(=O)c1c(N)nsc1NCC1(O)CCCCC1. The summed E-state index contributed by atoms with van der Waals surface area (Å²) in [5, 5.41) is 13.9. The van der Waals surface area contributed by atoms with E-state index in [0.717, 1.165) is 47.9 Å². The Bertz CT molecular complexity index is 592. The fourth-order valence-corrected chi connectivity index (χ4v) is 4.54. The van der Waals surface area contributed by atoms with Crippen LogP contribution >= 0.6 is 11.5 Å². The molecule has 1 heterocycles. The van der Waals surface area contributed by atoms with Crippen LogP contribution in [0.4, 0.5) is 10.8 Å². The molecule has 9 heteroatoms. The third-order valence-corrected chi connectivity index (χ3v) is 6.61. The van der Waals surface area contributed by atoms with Gasteiger partial charge in [0.2, 0.25) is 10.0 Å². The molecule has 1 saturated carbocycles. The van der Waals surface area contributed by atoms with Gasteiger partial charge in [-0.2, -0.15) is 4.37 Å². The highest BCUT2D eigenvalue weighted by atomic mass is 32.2. The van der Waals surface area contributed by atoms with Crippen LogP contribution in [0.25, 0.3) is 0 Å². The standard InChI is InChI=1S/C12H22N4O3S2/c1-16(2)21(18,19)9-10(13)15-20-11(9)14-8-12(17)6-4-3-5-7-12/h14,17H,3-8H2,1-2H3,(H2,13,15). The van der Waals surface area contributed by atoms with Crippen LogP contribution in [0.5, 0.6) is 0 Å². The number of aromatic nitrogens is 1. The summed E-state index contributed by atoms with van der Waals surface area (Å²) < 4.78 is 29.6. The van der Waals surface area contributed by atoms with Gasteiger partial charge in [-0.3, -0.25) is 0 Å². The molecule has 1 fully saturated rings. The first kappa shape index (κ1) is 16.5. The van der Waals surface area contributed by atoms with E-state index in [1.54, 1.807) is 0 Å². The van der Waals surface area contributed by atoms with Gasteiger partial charge in [0.05, 0.1) is 5.60 Å². The largest absolute Gasteiger partial charge is 0.388 e. The molecular formula is C12H22N4O3S2. The fourth-order valence-electron chi connectivity index (χ4n) is 2.47. The molecule has 1 aliphatic carbocycles. The van der Waals surface area contributed by atoms with Crippen molar-refractivity contribution in [3.63, 3.8) is 0 Å². The minimum absolute atomic E-state index is 0.00286. The van der Waals surface area contributed by atoms with Crippen molar-refractivity contribution < 1.29 is 13.5 Å². The summed E-state index contributed by atoms with van der Waals surface area (Å²) in [7, 11) is -0.757. The highest BCUT2D eigenvalue weighted by molar-refractivity contribution is 7.89. The molecule has 0 spiro atoms. The maximum absolute atomic E-state index is 12.3. The molecule has 0 radical (unpaired) electrons. The first-order chi connectivity index (χ1) is 9.76. The van der Waals surface area contributed by atoms with Crippen molar-refractivity contribution in [3.05, 3.63) is 0 Å². The second kappa shape index (κ2) is 6.07. The number of hydrogen-bond donors (Lipinski definition) is 3. The molecule has 0 bridgehead atoms. The second-order valence-corrected chi connectivity index (χ2v) is 8.51. The lowest BCUT2D eigenvalue weighted by Gasteiger charge is -2.32. The molecule has 0 atom stereocenters. The smallest absolute Gasteiger partial charge is 0.249 e. The van der Waals surface area contributed by atoms with Gasteiger partial charge >= 0.3 is 0 Å². The van der Waals surface area contributed by atoms with Gasteiger partial charge in [0.25, 0.3) is 0 Å². The van der Waals surface area contributed by atoms with Gasteiger partial charge in [-0.05, 0) is 24.4 Å². The van der Waals surface area contributed by atoms with E-state index in [0.29, 0.717) is 11.5 Å². The molecule has 0 aromatic carbocycles. The average Bonchev–Trinajstić information content (AvgIpc) is 2.79. The number of anilines is 2. The number of nitrogen functional groups attached to an aromatic ring is 1. The van der Waals surface area contributed by atoms with E-state index in [1.165, 1.54) is 14.1 Å². The van der Waals surface area contributed by atoms with Crippen LogP contribution in [-0.4, -0.2) is 48.4 Å². The van der Waals surface area contributed by atoms with E-state index in [9.17, 15) is 13.5 Å². The maximum Gasteiger partial charge on any atom is 0.249 e. The van der Waals surface area contributed by atoms with E-state index >= 15 is 0 Å². The van der Waals surface area contributed by atoms with Gasteiger partial charge in [-0.25, -0.2) is 12.7 Å². The first-order valence-electron chi connectivity index (χ1n) is 6.90. The Morgan fingerprint density at radius 2 is 2.00 bits per heavy atom. The van der Waals surface area contributed by atoms with Gasteiger partial charge in [0.1, 0.15) is 5.00 Å². The Morgan fingerprint density at radius 3 is 2.57 bits per heavy atom. The summed E-state index contributed by atoms with van der Waals surface area (Å²) in [4.78, 5) is -0.00286. The van der Waals surface area contributed by atoms with Crippen LogP contribution in [0, 0.1) is 0 Å². The van der Waals surface area contributed by atoms with Crippen LogP contribution in [0.3, 0.4) is 0 Å². The third kappa shape index (κ3) is 3.47. The number of sulfonamides is 1. The van der Waals surface area contributed by atoms with Gasteiger partial charge in [-0.15, -0.1) is 0 Å². The minimum Gasteiger partial charge on any atom is -0.388 e. The van der Waals surface area contributed by atoms with Gasteiger partial charge < -0.3 is 16.2 Å². The summed E-state index contributed by atoms with van der Waals surface area (Å²) in [6.45, 7) is 0.310. The second-order valence-electron chi connectivity index (χ2n) is 5.65. The van der Waals surface area contributed by atoms with Crippen molar-refractivity contribution in [1.29, 1.82) is 0 Å². The van der Waals surface area contributed by atoms with Gasteiger partial charge in [-0.1, -0.05) is 19.3 Å². The number of rotatable bonds is 5. The summed E-state index contributed by atoms with van der Waals surface area (Å²) >= 11 is 1.00. The molecule has 1 aromatic rings. The monoisotopic (exact) mass is 334 g/mol. The normalized spacial score (nSPS) is 18.9. The number of nitrogens with two attached hydrogens (primary N) is 1. The van der Waals surface area contributed by atoms with E-state index in [-0.39, 0.29) is 10.7 Å². The van der Waals surface area contributed by atoms with Crippen LogP contribution in [-0.2, 0) is 10.0 Å². The number of hydrogen-bond acceptors (Lipinski definition) is 7. The summed E-state index contributed by atoms with van der Waals surface area (Å²) in [6, 6.07) is 0. The lowest BCUT2D eigenvalue weighted by molar-refractivity contribution is 0.0167. The van der Waals surface area contributed by atoms with Crippen LogP contribution in [0.1, 0.15) is 32.1 Å². The van der Waals surface area contributed by atoms with E-state index in [1.807, 2.05) is 0 Å². The Labute approximate surface area is 129 Å². The molecule has 1 aromatic heterocycles. The van der Waals surface area contributed by atoms with Crippen LogP contribution in [0.15, 0.2) is 4.90 Å². The Kier molecular flexibility index (Phi) is 4.76. The molecule has 21 heavy (non-hydrogen) atoms. The molecule has 7 nitrogen and oxygen atoms in total. The average molecular weight is 334 g/mol. The van der Waals surface area contributed by atoms with Gasteiger partial charge in [0, 0.05) is 20.6 Å². The molecule has 4 N–H and O–H groups in total. The fraction of sp³-hybridized carbons (Fsp3) is 0.750. The zero-order chi connectivity index (χ0) is 15.7. The number of nitrogens with zero attached hydrogens (tertiary/aromatic N) is 2. The van der Waals surface area contributed by atoms with Crippen molar-refractivity contribution in [1.82, 2.24) is 8.68 Å². The summed E-state index contributed by atoms with van der Waals surface area (Å²) in [6.07, 6.45) is 4.57. The zero-order valence-electron chi connectivity index (χ0n) is 12.3. The van der Waals surface area contributed by atoms with Crippen molar-refractivity contribution in [2.75, 3.05) is 31.7 Å². The first-order valence-corrected chi connectivity index (χ1v) is 9.11. The summed E-state index contributed by atoms with van der Waals surface area (Å²) in [5.41, 5.74) is 4.92. The number of nitrogens with one attached hydrogen (secondary N) is 1. The van der Waals surface area contributed by atoms with E-state index in [2.05, 4.69) is 9.69 Å². The predicted octanol–water partition coefficient (Wildman–Crippen LogP) is 1.08. The highest BCUT2D eigenvalue weighted by Gasteiger charge is 2.32. The zero-order valence-corrected chi connectivity index (χ0v) is 13.9. The molecule has 120 valence electrons. The number of aliphatic hydroxyl groups is 1. The van der Waals surface area contributed by atoms with Crippen molar-refractivity contribution >= 4 is 32.4 Å². The highest BCUT2D eigenvalue weighted by Crippen LogP contribution is 2.34. The Balaban J connectivity index is 2.18. The minimum atomic E-state index is -3.66. The van der Waals surface area contributed by atoms with Crippen molar-refractivity contribution in [3.8, 4) is 0 Å². The summed E-state index contributed by atoms with van der Waals surface area (Å²) in [5.74, 6) is -0.00756. The van der Waals surface area contributed by atoms with Crippen molar-refractivity contribution in [2.45, 2.75) is 42.6 Å². The van der Waals surface area contributed by atoms with Crippen LogP contribution < -0.4 is 11.1 Å². The van der Waals surface area contributed by atoms with Crippen molar-refractivity contribution in [2.24, 2.45) is 0 Å². The molecule has 1 aliphatic rings. The van der Waals surface area contributed by atoms with Gasteiger partial charge in [0.15, 0.2) is 10.7 Å². The molecular weight excluding hydrogens is 312 g/mol. The lowest BCUT2D eigenvalue weighted by Crippen LogP contribution is -2.39. The van der Waals surface area contributed by atoms with E-state index in [4.69, 9.17) is 5.73 Å². The van der Waals surface area contributed by atoms with E-state index < -0.39 is 15.6 Å². The lowest BCUT2D eigenvalue weighted by atomic mass is 9.85. The molecule has 0 aliphatic heterocycles. The molecule has 0 saturated heterocycles. The quantitative estimate of drug-likeness (QED) is 0.743. The topological polar surface area (TPSA) is 109 Å². The molecule has 0 amide bonds. The Morgan fingerprint density at radius 1 is 1.38 bits per heavy atom. The predicted molar refractivity (Wildman–Crippen MR) is 83.9 cm³/mol. The Hall–Kier alpha value is -0.900. The maximum atomic E-state index is 12.3. The van der Waals surface area contributed by atoms with Crippen LogP contribution in [0.2, 0.25) is 0 Å². The molecule has 2 rings (SSSR count).